The molecular formula is C14H20N2O4. The molecular weight excluding hydrogens is 260 g/mol. The van der Waals surface area contributed by atoms with Gasteiger partial charge >= 0.3 is 5.69 Å². The van der Waals surface area contributed by atoms with E-state index in [2.05, 4.69) is 5.32 Å². The minimum atomic E-state index is -0.478. The zero-order chi connectivity index (χ0) is 14.5. The van der Waals surface area contributed by atoms with Gasteiger partial charge in [0, 0.05) is 25.1 Å². The van der Waals surface area contributed by atoms with Gasteiger partial charge in [0.2, 0.25) is 0 Å². The van der Waals surface area contributed by atoms with Gasteiger partial charge in [0.25, 0.3) is 0 Å². The number of nitrogens with one attached hydrogen (secondary N) is 1. The fourth-order valence-corrected chi connectivity index (χ4v) is 1.82. The number of aliphatic hydroxyl groups excluding tert-OH is 1. The Morgan fingerprint density at radius 1 is 1.55 bits per heavy atom. The zero-order valence-electron chi connectivity index (χ0n) is 11.5. The predicted octanol–water partition coefficient (Wildman–Crippen LogP) is 2.00. The van der Waals surface area contributed by atoms with Crippen molar-refractivity contribution in [3.63, 3.8) is 0 Å². The Morgan fingerprint density at radius 2 is 2.30 bits per heavy atom. The van der Waals surface area contributed by atoms with Gasteiger partial charge in [0.1, 0.15) is 0 Å². The van der Waals surface area contributed by atoms with Crippen LogP contribution in [0, 0.1) is 10.1 Å². The molecule has 0 radical (unpaired) electrons. The fraction of sp³-hybridized carbons (Fsp3) is 0.571. The van der Waals surface area contributed by atoms with Gasteiger partial charge in [-0.1, -0.05) is 6.07 Å². The van der Waals surface area contributed by atoms with Crippen molar-refractivity contribution in [2.75, 3.05) is 6.61 Å². The molecule has 6 heteroatoms. The number of ether oxygens (including phenoxy) is 1. The van der Waals surface area contributed by atoms with E-state index in [0.29, 0.717) is 19.0 Å². The molecule has 1 aromatic rings. The highest BCUT2D eigenvalue weighted by atomic mass is 16.6. The van der Waals surface area contributed by atoms with E-state index in [1.807, 2.05) is 0 Å². The number of rotatable bonds is 8. The third kappa shape index (κ3) is 4.47. The maximum atomic E-state index is 11.0. The number of hydrogen-bond acceptors (Lipinski definition) is 5. The van der Waals surface area contributed by atoms with Crippen LogP contribution >= 0.6 is 0 Å². The van der Waals surface area contributed by atoms with Gasteiger partial charge in [0.15, 0.2) is 5.75 Å². The second kappa shape index (κ2) is 6.67. The zero-order valence-corrected chi connectivity index (χ0v) is 11.5. The van der Waals surface area contributed by atoms with E-state index >= 15 is 0 Å². The van der Waals surface area contributed by atoms with Gasteiger partial charge in [-0.15, -0.1) is 0 Å². The van der Waals surface area contributed by atoms with Crippen LogP contribution in [0.1, 0.15) is 31.7 Å². The lowest BCUT2D eigenvalue weighted by Crippen LogP contribution is -2.15. The molecule has 1 atom stereocenters. The van der Waals surface area contributed by atoms with Gasteiger partial charge in [-0.2, -0.15) is 0 Å². The summed E-state index contributed by atoms with van der Waals surface area (Å²) in [5, 5.41) is 23.5. The second-order valence-electron chi connectivity index (χ2n) is 5.20. The van der Waals surface area contributed by atoms with Crippen molar-refractivity contribution in [3.05, 3.63) is 33.9 Å². The lowest BCUT2D eigenvalue weighted by atomic mass is 10.2. The van der Waals surface area contributed by atoms with Crippen molar-refractivity contribution in [2.45, 2.75) is 44.9 Å². The average Bonchev–Trinajstić information content (AvgIpc) is 3.19. The Hall–Kier alpha value is -1.66. The van der Waals surface area contributed by atoms with Crippen LogP contribution in [0.25, 0.3) is 0 Å². The fourth-order valence-electron chi connectivity index (χ4n) is 1.82. The molecule has 0 aromatic heterocycles. The molecule has 0 saturated heterocycles. The molecule has 0 bridgehead atoms. The molecule has 0 aliphatic heterocycles. The Balaban J connectivity index is 2.02. The van der Waals surface area contributed by atoms with Crippen LogP contribution in [0.2, 0.25) is 0 Å². The number of aliphatic hydroxyl groups is 1. The standard InChI is InChI=1S/C14H20N2O4/c1-10(17)6-7-20-14-8-11(9-15-12-3-4-12)2-5-13(14)16(18)19/h2,5,8,10,12,15,17H,3-4,6-7,9H2,1H3. The molecule has 2 rings (SSSR count). The van der Waals surface area contributed by atoms with E-state index in [4.69, 9.17) is 4.74 Å². The minimum Gasteiger partial charge on any atom is -0.487 e. The summed E-state index contributed by atoms with van der Waals surface area (Å²) in [4.78, 5) is 10.5. The molecule has 20 heavy (non-hydrogen) atoms. The van der Waals surface area contributed by atoms with Crippen LogP contribution in [-0.2, 0) is 6.54 Å². The van der Waals surface area contributed by atoms with Crippen LogP contribution < -0.4 is 10.1 Å². The van der Waals surface area contributed by atoms with Gasteiger partial charge in [-0.3, -0.25) is 10.1 Å². The summed E-state index contributed by atoms with van der Waals surface area (Å²) < 4.78 is 5.44. The summed E-state index contributed by atoms with van der Waals surface area (Å²) in [6.45, 7) is 2.61. The van der Waals surface area contributed by atoms with Gasteiger partial charge in [-0.25, -0.2) is 0 Å². The van der Waals surface area contributed by atoms with Crippen molar-refractivity contribution in [3.8, 4) is 5.75 Å². The highest BCUT2D eigenvalue weighted by Crippen LogP contribution is 2.28. The molecule has 1 aliphatic rings. The van der Waals surface area contributed by atoms with E-state index in [9.17, 15) is 15.2 Å². The van der Waals surface area contributed by atoms with E-state index in [0.717, 1.165) is 5.56 Å². The average molecular weight is 280 g/mol. The van der Waals surface area contributed by atoms with Crippen LogP contribution in [0.5, 0.6) is 5.75 Å². The molecule has 1 unspecified atom stereocenters. The first-order chi connectivity index (χ1) is 9.56. The Labute approximate surface area is 117 Å². The number of nitro groups is 1. The lowest BCUT2D eigenvalue weighted by Gasteiger charge is -2.10. The molecule has 1 aliphatic carbocycles. The first-order valence-corrected chi connectivity index (χ1v) is 6.88. The summed E-state index contributed by atoms with van der Waals surface area (Å²) >= 11 is 0. The normalized spacial score (nSPS) is 15.9. The second-order valence-corrected chi connectivity index (χ2v) is 5.20. The Morgan fingerprint density at radius 3 is 2.90 bits per heavy atom. The largest absolute Gasteiger partial charge is 0.487 e. The van der Waals surface area contributed by atoms with Gasteiger partial charge in [-0.05, 0) is 31.4 Å². The lowest BCUT2D eigenvalue weighted by molar-refractivity contribution is -0.385. The van der Waals surface area contributed by atoms with E-state index in [-0.39, 0.29) is 18.0 Å². The number of benzene rings is 1. The molecule has 110 valence electrons. The SMILES string of the molecule is CC(O)CCOc1cc(CNC2CC2)ccc1[N+](=O)[O-]. The van der Waals surface area contributed by atoms with Crippen molar-refractivity contribution >= 4 is 5.69 Å². The summed E-state index contributed by atoms with van der Waals surface area (Å²) in [6.07, 6.45) is 2.37. The monoisotopic (exact) mass is 280 g/mol. The van der Waals surface area contributed by atoms with Gasteiger partial charge < -0.3 is 15.2 Å². The quantitative estimate of drug-likeness (QED) is 0.562. The van der Waals surface area contributed by atoms with Crippen molar-refractivity contribution < 1.29 is 14.8 Å². The maximum absolute atomic E-state index is 11.0. The summed E-state index contributed by atoms with van der Waals surface area (Å²) in [7, 11) is 0. The minimum absolute atomic E-state index is 0.0363. The van der Waals surface area contributed by atoms with E-state index < -0.39 is 11.0 Å². The number of nitro benzene ring substituents is 1. The number of nitrogens with zero attached hydrogens (tertiary/aromatic N) is 1. The Kier molecular flexibility index (Phi) is 4.92. The topological polar surface area (TPSA) is 84.6 Å². The van der Waals surface area contributed by atoms with Gasteiger partial charge in [0.05, 0.1) is 17.6 Å². The van der Waals surface area contributed by atoms with Crippen LogP contribution in [-0.4, -0.2) is 28.8 Å². The molecule has 0 amide bonds. The molecule has 6 nitrogen and oxygen atoms in total. The van der Waals surface area contributed by atoms with Crippen LogP contribution in [0.3, 0.4) is 0 Å². The number of hydrogen-bond donors (Lipinski definition) is 2. The van der Waals surface area contributed by atoms with Crippen molar-refractivity contribution in [1.82, 2.24) is 5.32 Å². The summed E-state index contributed by atoms with van der Waals surface area (Å²) in [5.41, 5.74) is 0.931. The summed E-state index contributed by atoms with van der Waals surface area (Å²) in [6, 6.07) is 5.51. The third-order valence-corrected chi connectivity index (χ3v) is 3.19. The molecule has 2 N–H and O–H groups in total. The molecule has 0 heterocycles. The first kappa shape index (κ1) is 14.7. The first-order valence-electron chi connectivity index (χ1n) is 6.88. The van der Waals surface area contributed by atoms with Crippen LogP contribution in [0.4, 0.5) is 5.69 Å². The highest BCUT2D eigenvalue weighted by molar-refractivity contribution is 5.48. The predicted molar refractivity (Wildman–Crippen MR) is 74.8 cm³/mol. The third-order valence-electron chi connectivity index (χ3n) is 3.19. The van der Waals surface area contributed by atoms with Crippen molar-refractivity contribution in [2.24, 2.45) is 0 Å². The smallest absolute Gasteiger partial charge is 0.310 e. The van der Waals surface area contributed by atoms with Crippen molar-refractivity contribution in [1.29, 1.82) is 0 Å². The molecule has 1 aromatic carbocycles. The van der Waals surface area contributed by atoms with E-state index in [1.165, 1.54) is 18.9 Å². The maximum Gasteiger partial charge on any atom is 0.310 e. The molecule has 1 fully saturated rings. The molecule has 1 saturated carbocycles. The van der Waals surface area contributed by atoms with Crippen LogP contribution in [0.15, 0.2) is 18.2 Å². The highest BCUT2D eigenvalue weighted by Gasteiger charge is 2.21. The summed E-state index contributed by atoms with van der Waals surface area (Å²) in [5.74, 6) is 0.269. The molecule has 0 spiro atoms. The van der Waals surface area contributed by atoms with E-state index in [1.54, 1.807) is 19.1 Å². The Bertz CT molecular complexity index is 472.